The van der Waals surface area contributed by atoms with E-state index in [1.807, 2.05) is 6.07 Å². The van der Waals surface area contributed by atoms with Crippen molar-refractivity contribution in [2.45, 2.75) is 45.9 Å². The number of rotatable bonds is 8. The van der Waals surface area contributed by atoms with Crippen molar-refractivity contribution in [3.8, 4) is 0 Å². The molecule has 154 valence electrons. The highest BCUT2D eigenvalue weighted by Gasteiger charge is 2.10. The van der Waals surface area contributed by atoms with Crippen LogP contribution in [0.4, 0.5) is 0 Å². The molecule has 1 aromatic carbocycles. The van der Waals surface area contributed by atoms with E-state index < -0.39 is 0 Å². The zero-order chi connectivity index (χ0) is 18.8. The molecule has 1 aromatic rings. The molecule has 0 atom stereocenters. The Kier molecular flexibility index (Phi) is 11.2. The molecule has 0 bridgehead atoms. The number of aliphatic imine (C=N–C) groups is 1. The normalized spacial score (nSPS) is 16.0. The lowest BCUT2D eigenvalue weighted by Crippen LogP contribution is -2.39. The second-order valence-electron chi connectivity index (χ2n) is 7.66. The van der Waals surface area contributed by atoms with Crippen molar-refractivity contribution in [2.75, 3.05) is 39.4 Å². The number of guanidine groups is 1. The number of halogens is 1. The van der Waals surface area contributed by atoms with Gasteiger partial charge in [0.25, 0.3) is 0 Å². The first-order valence-electron chi connectivity index (χ1n) is 9.48. The van der Waals surface area contributed by atoms with E-state index in [9.17, 15) is 0 Å². The highest BCUT2D eigenvalue weighted by atomic mass is 127. The maximum absolute atomic E-state index is 5.98. The molecule has 0 radical (unpaired) electrons. The molecular formula is C20H35IN4O2. The van der Waals surface area contributed by atoms with Crippen LogP contribution in [-0.2, 0) is 22.6 Å². The highest BCUT2D eigenvalue weighted by molar-refractivity contribution is 14.0. The van der Waals surface area contributed by atoms with Gasteiger partial charge in [-0.25, -0.2) is 4.99 Å². The summed E-state index contributed by atoms with van der Waals surface area (Å²) in [5, 5.41) is 3.20. The van der Waals surface area contributed by atoms with E-state index in [1.54, 1.807) is 0 Å². The largest absolute Gasteiger partial charge is 0.379 e. The molecule has 1 saturated heterocycles. The zero-order valence-electron chi connectivity index (χ0n) is 16.9. The number of benzene rings is 1. The van der Waals surface area contributed by atoms with Gasteiger partial charge in [-0.15, -0.1) is 24.0 Å². The molecule has 1 heterocycles. The van der Waals surface area contributed by atoms with Crippen LogP contribution in [0.2, 0.25) is 0 Å². The van der Waals surface area contributed by atoms with E-state index in [0.29, 0.717) is 19.1 Å². The summed E-state index contributed by atoms with van der Waals surface area (Å²) in [7, 11) is 0. The first-order valence-corrected chi connectivity index (χ1v) is 9.48. The summed E-state index contributed by atoms with van der Waals surface area (Å²) in [5.41, 5.74) is 8.13. The van der Waals surface area contributed by atoms with Crippen LogP contribution in [0.15, 0.2) is 29.3 Å². The summed E-state index contributed by atoms with van der Waals surface area (Å²) in [6, 6.07) is 8.31. The minimum absolute atomic E-state index is 0. The number of nitrogens with one attached hydrogen (secondary N) is 1. The van der Waals surface area contributed by atoms with Crippen molar-refractivity contribution < 1.29 is 9.47 Å². The molecule has 0 unspecified atom stereocenters. The van der Waals surface area contributed by atoms with Crippen molar-refractivity contribution in [3.63, 3.8) is 0 Å². The predicted octanol–water partition coefficient (Wildman–Crippen LogP) is 2.75. The number of morpholine rings is 1. The Hall–Kier alpha value is -0.900. The molecule has 1 fully saturated rings. The number of hydrogen-bond donors (Lipinski definition) is 2. The minimum Gasteiger partial charge on any atom is -0.379 e. The lowest BCUT2D eigenvalue weighted by molar-refractivity contribution is -0.0149. The van der Waals surface area contributed by atoms with E-state index in [1.165, 1.54) is 0 Å². The van der Waals surface area contributed by atoms with Crippen LogP contribution in [0, 0.1) is 0 Å². The standard InChI is InChI=1S/C20H34N4O2.HI/c1-20(2,3)26-16-18-7-4-6-17(14-18)15-23-19(21)22-8-5-9-24-10-12-25-13-11-24;/h4,6-7,14H,5,8-13,15-16H2,1-3H3,(H3,21,22,23);1H. The lowest BCUT2D eigenvalue weighted by atomic mass is 10.1. The average molecular weight is 490 g/mol. The molecule has 0 aliphatic carbocycles. The summed E-state index contributed by atoms with van der Waals surface area (Å²) in [5.74, 6) is 0.503. The van der Waals surface area contributed by atoms with E-state index in [0.717, 1.165) is 56.9 Å². The molecule has 1 aliphatic heterocycles. The van der Waals surface area contributed by atoms with Gasteiger partial charge >= 0.3 is 0 Å². The van der Waals surface area contributed by atoms with Crippen molar-refractivity contribution in [2.24, 2.45) is 10.7 Å². The molecule has 7 heteroatoms. The first kappa shape index (κ1) is 24.1. The maximum atomic E-state index is 5.98. The molecular weight excluding hydrogens is 455 g/mol. The van der Waals surface area contributed by atoms with Gasteiger partial charge in [0.15, 0.2) is 5.96 Å². The quantitative estimate of drug-likeness (QED) is 0.254. The van der Waals surface area contributed by atoms with Crippen LogP contribution in [0.1, 0.15) is 38.3 Å². The third kappa shape index (κ3) is 10.9. The van der Waals surface area contributed by atoms with Gasteiger partial charge in [0.2, 0.25) is 0 Å². The van der Waals surface area contributed by atoms with Gasteiger partial charge in [-0.1, -0.05) is 24.3 Å². The molecule has 6 nitrogen and oxygen atoms in total. The summed E-state index contributed by atoms with van der Waals surface area (Å²) in [4.78, 5) is 6.86. The summed E-state index contributed by atoms with van der Waals surface area (Å²) in [6.07, 6.45) is 1.05. The van der Waals surface area contributed by atoms with Gasteiger partial charge < -0.3 is 20.5 Å². The molecule has 0 spiro atoms. The first-order chi connectivity index (χ1) is 12.4. The van der Waals surface area contributed by atoms with E-state index in [2.05, 4.69) is 54.2 Å². The highest BCUT2D eigenvalue weighted by Crippen LogP contribution is 2.13. The number of hydrogen-bond acceptors (Lipinski definition) is 4. The Morgan fingerprint density at radius 2 is 1.96 bits per heavy atom. The van der Waals surface area contributed by atoms with Gasteiger partial charge in [-0.05, 0) is 44.9 Å². The second kappa shape index (κ2) is 12.5. The number of nitrogens with zero attached hydrogens (tertiary/aromatic N) is 2. The summed E-state index contributed by atoms with van der Waals surface area (Å²) < 4.78 is 11.2. The van der Waals surface area contributed by atoms with Gasteiger partial charge in [0.05, 0.1) is 32.0 Å². The number of nitrogens with two attached hydrogens (primary N) is 1. The molecule has 2 rings (SSSR count). The van der Waals surface area contributed by atoms with Crippen LogP contribution in [-0.4, -0.2) is 55.9 Å². The molecule has 27 heavy (non-hydrogen) atoms. The molecule has 1 aliphatic rings. The molecule has 3 N–H and O–H groups in total. The molecule has 0 saturated carbocycles. The topological polar surface area (TPSA) is 72.1 Å². The Labute approximate surface area is 180 Å². The van der Waals surface area contributed by atoms with Crippen LogP contribution in [0.3, 0.4) is 0 Å². The van der Waals surface area contributed by atoms with Gasteiger partial charge in [-0.2, -0.15) is 0 Å². The van der Waals surface area contributed by atoms with Crippen LogP contribution < -0.4 is 11.1 Å². The Balaban J connectivity index is 0.00000364. The Morgan fingerprint density at radius 1 is 1.26 bits per heavy atom. The minimum atomic E-state index is -0.135. The lowest BCUT2D eigenvalue weighted by Gasteiger charge is -2.26. The predicted molar refractivity (Wildman–Crippen MR) is 122 cm³/mol. The van der Waals surface area contributed by atoms with Gasteiger partial charge in [0, 0.05) is 19.6 Å². The third-order valence-corrected chi connectivity index (χ3v) is 4.16. The maximum Gasteiger partial charge on any atom is 0.188 e. The Morgan fingerprint density at radius 3 is 2.67 bits per heavy atom. The monoisotopic (exact) mass is 490 g/mol. The van der Waals surface area contributed by atoms with E-state index >= 15 is 0 Å². The average Bonchev–Trinajstić information content (AvgIpc) is 2.62. The summed E-state index contributed by atoms with van der Waals surface area (Å²) in [6.45, 7) is 13.0. The SMILES string of the molecule is CC(C)(C)OCc1cccc(CN=C(N)NCCCN2CCOCC2)c1.I. The van der Waals surface area contributed by atoms with E-state index in [-0.39, 0.29) is 29.6 Å². The Bertz CT molecular complexity index is 569. The van der Waals surface area contributed by atoms with E-state index in [4.69, 9.17) is 15.2 Å². The van der Waals surface area contributed by atoms with Crippen molar-refractivity contribution in [1.29, 1.82) is 0 Å². The van der Waals surface area contributed by atoms with Crippen molar-refractivity contribution >= 4 is 29.9 Å². The fourth-order valence-electron chi connectivity index (χ4n) is 2.69. The molecule has 0 aromatic heterocycles. The van der Waals surface area contributed by atoms with Crippen molar-refractivity contribution in [1.82, 2.24) is 10.2 Å². The number of ether oxygens (including phenoxy) is 2. The zero-order valence-corrected chi connectivity index (χ0v) is 19.2. The second-order valence-corrected chi connectivity index (χ2v) is 7.66. The fraction of sp³-hybridized carbons (Fsp3) is 0.650. The van der Waals surface area contributed by atoms with Crippen LogP contribution in [0.25, 0.3) is 0 Å². The van der Waals surface area contributed by atoms with Crippen molar-refractivity contribution in [3.05, 3.63) is 35.4 Å². The third-order valence-electron chi connectivity index (χ3n) is 4.16. The van der Waals surface area contributed by atoms with Gasteiger partial charge in [-0.3, -0.25) is 4.90 Å². The van der Waals surface area contributed by atoms with Crippen LogP contribution >= 0.6 is 24.0 Å². The van der Waals surface area contributed by atoms with Gasteiger partial charge in [0.1, 0.15) is 0 Å². The molecule has 0 amide bonds. The summed E-state index contributed by atoms with van der Waals surface area (Å²) >= 11 is 0. The van der Waals surface area contributed by atoms with Crippen LogP contribution in [0.5, 0.6) is 0 Å². The smallest absolute Gasteiger partial charge is 0.188 e. The fourth-order valence-corrected chi connectivity index (χ4v) is 2.69.